The van der Waals surface area contributed by atoms with Gasteiger partial charge < -0.3 is 5.73 Å². The van der Waals surface area contributed by atoms with Gasteiger partial charge in [-0.05, 0) is 36.2 Å². The fourth-order valence-electron chi connectivity index (χ4n) is 1.81. The molecule has 20 heavy (non-hydrogen) atoms. The Morgan fingerprint density at radius 3 is 2.15 bits per heavy atom. The molecule has 2 aromatic carbocycles. The van der Waals surface area contributed by atoms with Gasteiger partial charge in [-0.3, -0.25) is 0 Å². The van der Waals surface area contributed by atoms with Crippen LogP contribution in [-0.4, -0.2) is 11.8 Å². The highest BCUT2D eigenvalue weighted by Gasteiger charge is 2.11. The SMILES string of the molecule is NC(CSc1ccccc1Cl)Cc1c(Cl)cccc1Cl. The quantitative estimate of drug-likeness (QED) is 0.743. The molecule has 0 heterocycles. The van der Waals surface area contributed by atoms with Crippen LogP contribution in [0.2, 0.25) is 15.1 Å². The largest absolute Gasteiger partial charge is 0.327 e. The number of halogens is 3. The number of hydrogen-bond acceptors (Lipinski definition) is 2. The minimum Gasteiger partial charge on any atom is -0.327 e. The lowest BCUT2D eigenvalue weighted by Crippen LogP contribution is -2.25. The summed E-state index contributed by atoms with van der Waals surface area (Å²) < 4.78 is 0. The summed E-state index contributed by atoms with van der Waals surface area (Å²) >= 11 is 20.1. The molecule has 1 nitrogen and oxygen atoms in total. The van der Waals surface area contributed by atoms with E-state index in [9.17, 15) is 0 Å². The molecule has 2 N–H and O–H groups in total. The molecule has 2 aromatic rings. The average molecular weight is 347 g/mol. The van der Waals surface area contributed by atoms with Crippen molar-refractivity contribution < 1.29 is 0 Å². The maximum absolute atomic E-state index is 6.16. The van der Waals surface area contributed by atoms with E-state index in [2.05, 4.69) is 0 Å². The summed E-state index contributed by atoms with van der Waals surface area (Å²) in [6, 6.07) is 13.2. The lowest BCUT2D eigenvalue weighted by atomic mass is 10.1. The zero-order chi connectivity index (χ0) is 14.5. The highest BCUT2D eigenvalue weighted by atomic mass is 35.5. The van der Waals surface area contributed by atoms with Crippen molar-refractivity contribution in [2.45, 2.75) is 17.4 Å². The van der Waals surface area contributed by atoms with Crippen LogP contribution in [0, 0.1) is 0 Å². The fourth-order valence-corrected chi connectivity index (χ4v) is 3.55. The van der Waals surface area contributed by atoms with Gasteiger partial charge in [-0.15, -0.1) is 11.8 Å². The van der Waals surface area contributed by atoms with Crippen LogP contribution < -0.4 is 5.73 Å². The number of thioether (sulfide) groups is 1. The summed E-state index contributed by atoms with van der Waals surface area (Å²) in [4.78, 5) is 1.04. The van der Waals surface area contributed by atoms with Gasteiger partial charge in [0.05, 0.1) is 5.02 Å². The van der Waals surface area contributed by atoms with Crippen LogP contribution in [0.3, 0.4) is 0 Å². The Morgan fingerprint density at radius 2 is 1.50 bits per heavy atom. The van der Waals surface area contributed by atoms with Crippen LogP contribution in [0.15, 0.2) is 47.4 Å². The van der Waals surface area contributed by atoms with E-state index in [0.717, 1.165) is 21.2 Å². The molecular formula is C15H14Cl3NS. The lowest BCUT2D eigenvalue weighted by molar-refractivity contribution is 0.749. The summed E-state index contributed by atoms with van der Waals surface area (Å²) in [5.41, 5.74) is 7.07. The van der Waals surface area contributed by atoms with Crippen LogP contribution in [-0.2, 0) is 6.42 Å². The van der Waals surface area contributed by atoms with Gasteiger partial charge in [0.15, 0.2) is 0 Å². The van der Waals surface area contributed by atoms with Gasteiger partial charge in [-0.25, -0.2) is 0 Å². The van der Waals surface area contributed by atoms with Gasteiger partial charge in [-0.1, -0.05) is 53.0 Å². The first kappa shape index (κ1) is 16.0. The second-order valence-electron chi connectivity index (χ2n) is 4.41. The van der Waals surface area contributed by atoms with Gasteiger partial charge in [0.25, 0.3) is 0 Å². The molecule has 5 heteroatoms. The molecule has 0 aliphatic carbocycles. The molecule has 0 bridgehead atoms. The van der Waals surface area contributed by atoms with Gasteiger partial charge in [0, 0.05) is 26.7 Å². The maximum Gasteiger partial charge on any atom is 0.0541 e. The topological polar surface area (TPSA) is 26.0 Å². The second kappa shape index (κ2) is 7.58. The standard InChI is InChI=1S/C15H14Cl3NS/c16-12-5-3-6-13(17)11(12)8-10(19)9-20-15-7-2-1-4-14(15)18/h1-7,10H,8-9,19H2. The van der Waals surface area contributed by atoms with E-state index in [1.807, 2.05) is 42.5 Å². The molecule has 1 unspecified atom stereocenters. The van der Waals surface area contributed by atoms with Gasteiger partial charge in [0.1, 0.15) is 0 Å². The highest BCUT2D eigenvalue weighted by Crippen LogP contribution is 2.29. The normalized spacial score (nSPS) is 12.4. The van der Waals surface area contributed by atoms with E-state index in [1.165, 1.54) is 0 Å². The van der Waals surface area contributed by atoms with E-state index in [4.69, 9.17) is 40.5 Å². The minimum atomic E-state index is -0.0336. The van der Waals surface area contributed by atoms with E-state index >= 15 is 0 Å². The Morgan fingerprint density at radius 1 is 0.900 bits per heavy atom. The summed E-state index contributed by atoms with van der Waals surface area (Å²) in [6.07, 6.45) is 0.649. The van der Waals surface area contributed by atoms with Crippen molar-refractivity contribution in [2.75, 3.05) is 5.75 Å². The summed E-state index contributed by atoms with van der Waals surface area (Å²) in [5, 5.41) is 2.08. The summed E-state index contributed by atoms with van der Waals surface area (Å²) in [7, 11) is 0. The minimum absolute atomic E-state index is 0.0336. The molecule has 0 aliphatic heterocycles. The van der Waals surface area contributed by atoms with Gasteiger partial charge in [-0.2, -0.15) is 0 Å². The molecular weight excluding hydrogens is 333 g/mol. The highest BCUT2D eigenvalue weighted by molar-refractivity contribution is 7.99. The molecule has 0 aliphatic rings. The predicted molar refractivity (Wildman–Crippen MR) is 90.3 cm³/mol. The van der Waals surface area contributed by atoms with Crippen molar-refractivity contribution >= 4 is 46.6 Å². The molecule has 0 saturated heterocycles. The van der Waals surface area contributed by atoms with Gasteiger partial charge >= 0.3 is 0 Å². The molecule has 2 rings (SSSR count). The molecule has 0 radical (unpaired) electrons. The number of nitrogens with two attached hydrogens (primary N) is 1. The Kier molecular flexibility index (Phi) is 6.06. The van der Waals surface area contributed by atoms with Crippen LogP contribution in [0.25, 0.3) is 0 Å². The average Bonchev–Trinajstić information content (AvgIpc) is 2.42. The second-order valence-corrected chi connectivity index (χ2v) is 6.69. The van der Waals surface area contributed by atoms with E-state index in [1.54, 1.807) is 11.8 Å². The Labute approximate surface area is 138 Å². The van der Waals surface area contributed by atoms with E-state index < -0.39 is 0 Å². The first-order valence-corrected chi connectivity index (χ1v) is 8.25. The smallest absolute Gasteiger partial charge is 0.0541 e. The number of benzene rings is 2. The van der Waals surface area contributed by atoms with Crippen molar-refractivity contribution in [3.05, 3.63) is 63.1 Å². The first-order chi connectivity index (χ1) is 9.58. The molecule has 0 fully saturated rings. The van der Waals surface area contributed by atoms with Crippen LogP contribution >= 0.6 is 46.6 Å². The fraction of sp³-hybridized carbons (Fsp3) is 0.200. The van der Waals surface area contributed by atoms with Crippen LogP contribution in [0.4, 0.5) is 0 Å². The van der Waals surface area contributed by atoms with Crippen molar-refractivity contribution in [3.8, 4) is 0 Å². The summed E-state index contributed by atoms with van der Waals surface area (Å²) in [5.74, 6) is 0.755. The maximum atomic E-state index is 6.16. The first-order valence-electron chi connectivity index (χ1n) is 6.13. The third kappa shape index (κ3) is 4.31. The monoisotopic (exact) mass is 345 g/mol. The van der Waals surface area contributed by atoms with E-state index in [-0.39, 0.29) is 6.04 Å². The van der Waals surface area contributed by atoms with Crippen molar-refractivity contribution in [1.29, 1.82) is 0 Å². The molecule has 106 valence electrons. The third-order valence-electron chi connectivity index (χ3n) is 2.82. The third-order valence-corrected chi connectivity index (χ3v) is 5.23. The van der Waals surface area contributed by atoms with Crippen LogP contribution in [0.1, 0.15) is 5.56 Å². The zero-order valence-corrected chi connectivity index (χ0v) is 13.7. The number of hydrogen-bond donors (Lipinski definition) is 1. The molecule has 0 saturated carbocycles. The molecule has 0 aromatic heterocycles. The lowest BCUT2D eigenvalue weighted by Gasteiger charge is -2.14. The summed E-state index contributed by atoms with van der Waals surface area (Å²) in [6.45, 7) is 0. The number of rotatable bonds is 5. The van der Waals surface area contributed by atoms with Gasteiger partial charge in [0.2, 0.25) is 0 Å². The van der Waals surface area contributed by atoms with E-state index in [0.29, 0.717) is 16.5 Å². The van der Waals surface area contributed by atoms with Crippen LogP contribution in [0.5, 0.6) is 0 Å². The molecule has 0 amide bonds. The Hall–Kier alpha value is -0.380. The molecule has 1 atom stereocenters. The Balaban J connectivity index is 1.96. The van der Waals surface area contributed by atoms with Crippen molar-refractivity contribution in [3.63, 3.8) is 0 Å². The Bertz CT molecular complexity index is 569. The van der Waals surface area contributed by atoms with Crippen molar-refractivity contribution in [2.24, 2.45) is 5.73 Å². The zero-order valence-electron chi connectivity index (χ0n) is 10.7. The van der Waals surface area contributed by atoms with Crippen molar-refractivity contribution in [1.82, 2.24) is 0 Å². The molecule has 0 spiro atoms. The predicted octanol–water partition coefficient (Wildman–Crippen LogP) is 5.31.